The molecule has 0 bridgehead atoms. The van der Waals surface area contributed by atoms with E-state index < -0.39 is 0 Å². The molecule has 0 radical (unpaired) electrons. The van der Waals surface area contributed by atoms with Crippen molar-refractivity contribution in [3.63, 3.8) is 0 Å². The van der Waals surface area contributed by atoms with Crippen LogP contribution in [0.3, 0.4) is 0 Å². The fourth-order valence-electron chi connectivity index (χ4n) is 4.31. The molecule has 2 fully saturated rings. The monoisotopic (exact) mass is 319 g/mol. The number of methoxy groups -OCH3 is 1. The molecule has 3 aliphatic rings. The van der Waals surface area contributed by atoms with Crippen molar-refractivity contribution in [3.8, 4) is 11.5 Å². The van der Waals surface area contributed by atoms with Crippen molar-refractivity contribution in [3.05, 3.63) is 23.8 Å². The third-order valence-electron chi connectivity index (χ3n) is 5.34. The van der Waals surface area contributed by atoms with Gasteiger partial charge in [-0.2, -0.15) is 0 Å². The van der Waals surface area contributed by atoms with Crippen LogP contribution in [0, 0.1) is 5.41 Å². The summed E-state index contributed by atoms with van der Waals surface area (Å²) < 4.78 is 22.5. The van der Waals surface area contributed by atoms with Crippen LogP contribution in [0.15, 0.2) is 18.2 Å². The van der Waals surface area contributed by atoms with Gasteiger partial charge < -0.3 is 18.9 Å². The van der Waals surface area contributed by atoms with E-state index in [4.69, 9.17) is 18.9 Å². The first-order chi connectivity index (χ1) is 11.3. The van der Waals surface area contributed by atoms with Crippen molar-refractivity contribution in [1.29, 1.82) is 0 Å². The van der Waals surface area contributed by atoms with Gasteiger partial charge in [0.1, 0.15) is 0 Å². The van der Waals surface area contributed by atoms with E-state index in [0.29, 0.717) is 12.9 Å². The molecule has 5 heteroatoms. The minimum Gasteiger partial charge on any atom is -0.454 e. The summed E-state index contributed by atoms with van der Waals surface area (Å²) in [6.45, 7) is 5.07. The second-order valence-electron chi connectivity index (χ2n) is 6.95. The van der Waals surface area contributed by atoms with E-state index in [1.54, 1.807) is 7.11 Å². The summed E-state index contributed by atoms with van der Waals surface area (Å²) in [4.78, 5) is 2.53. The summed E-state index contributed by atoms with van der Waals surface area (Å²) >= 11 is 0. The molecule has 1 aromatic rings. The van der Waals surface area contributed by atoms with E-state index in [9.17, 15) is 0 Å². The Bertz CT molecular complexity index is 560. The van der Waals surface area contributed by atoms with E-state index in [1.165, 1.54) is 12.0 Å². The molecule has 5 nitrogen and oxygen atoms in total. The molecule has 2 atom stereocenters. The quantitative estimate of drug-likeness (QED) is 0.852. The molecule has 3 heterocycles. The summed E-state index contributed by atoms with van der Waals surface area (Å²) in [5.41, 5.74) is 1.43. The Morgan fingerprint density at radius 1 is 1.30 bits per heavy atom. The number of benzene rings is 1. The van der Waals surface area contributed by atoms with Crippen LogP contribution in [0.5, 0.6) is 11.5 Å². The zero-order valence-corrected chi connectivity index (χ0v) is 13.8. The van der Waals surface area contributed by atoms with Gasteiger partial charge in [0.2, 0.25) is 6.79 Å². The second kappa shape index (κ2) is 6.30. The summed E-state index contributed by atoms with van der Waals surface area (Å²) in [7, 11) is 1.80. The number of piperidine rings is 1. The molecular formula is C18H25NO4. The molecular weight excluding hydrogens is 294 g/mol. The molecule has 0 saturated carbocycles. The topological polar surface area (TPSA) is 40.2 Å². The van der Waals surface area contributed by atoms with Gasteiger partial charge >= 0.3 is 0 Å². The Hall–Kier alpha value is -1.30. The molecule has 23 heavy (non-hydrogen) atoms. The van der Waals surface area contributed by atoms with Crippen molar-refractivity contribution >= 4 is 0 Å². The zero-order chi connectivity index (χ0) is 15.7. The van der Waals surface area contributed by atoms with Crippen LogP contribution in [0.25, 0.3) is 0 Å². The van der Waals surface area contributed by atoms with Crippen molar-refractivity contribution in [1.82, 2.24) is 4.90 Å². The Balaban J connectivity index is 1.47. The highest BCUT2D eigenvalue weighted by Crippen LogP contribution is 2.41. The van der Waals surface area contributed by atoms with Gasteiger partial charge in [-0.05, 0) is 37.0 Å². The van der Waals surface area contributed by atoms with E-state index in [1.807, 2.05) is 6.07 Å². The van der Waals surface area contributed by atoms with E-state index in [2.05, 4.69) is 17.0 Å². The van der Waals surface area contributed by atoms with E-state index in [0.717, 1.165) is 57.2 Å². The third-order valence-corrected chi connectivity index (χ3v) is 5.34. The Kier molecular flexibility index (Phi) is 4.18. The van der Waals surface area contributed by atoms with Gasteiger partial charge in [-0.25, -0.2) is 0 Å². The SMILES string of the molecule is COC[C@]12CCCO[C@@H]1CCN(Cc1ccc3c(c1)OCO3)C2. The summed E-state index contributed by atoms with van der Waals surface area (Å²) in [5.74, 6) is 1.72. The van der Waals surface area contributed by atoms with Gasteiger partial charge in [0.15, 0.2) is 11.5 Å². The molecule has 0 aromatic heterocycles. The van der Waals surface area contributed by atoms with Gasteiger partial charge in [-0.1, -0.05) is 6.07 Å². The lowest BCUT2D eigenvalue weighted by Gasteiger charge is -2.50. The first-order valence-corrected chi connectivity index (χ1v) is 8.50. The van der Waals surface area contributed by atoms with Gasteiger partial charge in [-0.3, -0.25) is 4.90 Å². The highest BCUT2D eigenvalue weighted by Gasteiger charge is 2.45. The molecule has 2 saturated heterocycles. The minimum absolute atomic E-state index is 0.154. The molecule has 0 aliphatic carbocycles. The summed E-state index contributed by atoms with van der Waals surface area (Å²) in [5, 5.41) is 0. The van der Waals surface area contributed by atoms with Crippen molar-refractivity contribution in [2.75, 3.05) is 40.2 Å². The fraction of sp³-hybridized carbons (Fsp3) is 0.667. The lowest BCUT2D eigenvalue weighted by atomic mass is 9.73. The molecule has 0 N–H and O–H groups in total. The van der Waals surface area contributed by atoms with Crippen molar-refractivity contribution in [2.45, 2.75) is 31.9 Å². The summed E-state index contributed by atoms with van der Waals surface area (Å²) in [6, 6.07) is 6.26. The molecule has 0 unspecified atom stereocenters. The first-order valence-electron chi connectivity index (χ1n) is 8.50. The fourth-order valence-corrected chi connectivity index (χ4v) is 4.31. The predicted octanol–water partition coefficient (Wildman–Crippen LogP) is 2.43. The van der Waals surface area contributed by atoms with Crippen molar-refractivity contribution in [2.24, 2.45) is 5.41 Å². The number of ether oxygens (including phenoxy) is 4. The van der Waals surface area contributed by atoms with Crippen LogP contribution in [-0.2, 0) is 16.0 Å². The summed E-state index contributed by atoms with van der Waals surface area (Å²) in [6.07, 6.45) is 3.78. The van der Waals surface area contributed by atoms with Crippen LogP contribution in [-0.4, -0.2) is 51.2 Å². The van der Waals surface area contributed by atoms with Gasteiger partial charge in [0.25, 0.3) is 0 Å². The number of rotatable bonds is 4. The maximum Gasteiger partial charge on any atom is 0.231 e. The molecule has 4 rings (SSSR count). The minimum atomic E-state index is 0.154. The highest BCUT2D eigenvalue weighted by molar-refractivity contribution is 5.44. The van der Waals surface area contributed by atoms with Gasteiger partial charge in [-0.15, -0.1) is 0 Å². The number of nitrogens with zero attached hydrogens (tertiary/aromatic N) is 1. The van der Waals surface area contributed by atoms with Crippen LogP contribution in [0.2, 0.25) is 0 Å². The predicted molar refractivity (Wildman–Crippen MR) is 85.7 cm³/mol. The first kappa shape index (κ1) is 15.2. The van der Waals surface area contributed by atoms with Gasteiger partial charge in [0.05, 0.1) is 12.7 Å². The molecule has 3 aliphatic heterocycles. The van der Waals surface area contributed by atoms with Crippen LogP contribution in [0.1, 0.15) is 24.8 Å². The number of likely N-dealkylation sites (tertiary alicyclic amines) is 1. The Morgan fingerprint density at radius 2 is 2.22 bits per heavy atom. The standard InChI is InChI=1S/C18H25NO4/c1-20-12-18-6-2-8-21-17(18)5-7-19(11-18)10-14-3-4-15-16(9-14)23-13-22-15/h3-4,9,17H,2,5-8,10-13H2,1H3/t17-,18-/m1/s1. The second-order valence-corrected chi connectivity index (χ2v) is 6.95. The molecule has 0 amide bonds. The van der Waals surface area contributed by atoms with Crippen LogP contribution in [0.4, 0.5) is 0 Å². The normalized spacial score (nSPS) is 30.2. The number of fused-ring (bicyclic) bond motifs is 2. The average Bonchev–Trinajstić information content (AvgIpc) is 3.02. The van der Waals surface area contributed by atoms with Crippen LogP contribution >= 0.6 is 0 Å². The Morgan fingerprint density at radius 3 is 3.13 bits per heavy atom. The van der Waals surface area contributed by atoms with E-state index >= 15 is 0 Å². The molecule has 1 aromatic carbocycles. The third kappa shape index (κ3) is 2.93. The van der Waals surface area contributed by atoms with Crippen LogP contribution < -0.4 is 9.47 Å². The highest BCUT2D eigenvalue weighted by atomic mass is 16.7. The van der Waals surface area contributed by atoms with E-state index in [-0.39, 0.29) is 5.41 Å². The maximum absolute atomic E-state index is 6.05. The van der Waals surface area contributed by atoms with Gasteiger partial charge in [0, 0.05) is 38.8 Å². The molecule has 0 spiro atoms. The number of hydrogen-bond donors (Lipinski definition) is 0. The van der Waals surface area contributed by atoms with Crippen molar-refractivity contribution < 1.29 is 18.9 Å². The lowest BCUT2D eigenvalue weighted by Crippen LogP contribution is -2.56. The maximum atomic E-state index is 6.05. The number of hydrogen-bond acceptors (Lipinski definition) is 5. The zero-order valence-electron chi connectivity index (χ0n) is 13.8. The lowest BCUT2D eigenvalue weighted by molar-refractivity contribution is -0.149. The Labute approximate surface area is 137 Å². The smallest absolute Gasteiger partial charge is 0.231 e. The average molecular weight is 319 g/mol. The largest absolute Gasteiger partial charge is 0.454 e. The molecule has 126 valence electrons.